The van der Waals surface area contributed by atoms with Crippen molar-refractivity contribution < 1.29 is 4.42 Å². The Hall–Kier alpha value is -2.94. The monoisotopic (exact) mass is 272 g/mol. The van der Waals surface area contributed by atoms with Crippen molar-refractivity contribution in [1.82, 2.24) is 9.97 Å². The van der Waals surface area contributed by atoms with E-state index in [1.54, 1.807) is 0 Å². The van der Waals surface area contributed by atoms with Crippen LogP contribution in [0, 0.1) is 0 Å². The van der Waals surface area contributed by atoms with Gasteiger partial charge in [0.25, 0.3) is 0 Å². The molecular formula is C18H12N2O. The van der Waals surface area contributed by atoms with E-state index in [9.17, 15) is 0 Å². The fourth-order valence-electron chi connectivity index (χ4n) is 2.31. The molecule has 3 heteroatoms. The molecule has 0 bridgehead atoms. The Morgan fingerprint density at radius 1 is 0.619 bits per heavy atom. The molecule has 4 rings (SSSR count). The number of rotatable bonds is 2. The van der Waals surface area contributed by atoms with Crippen molar-refractivity contribution in [3.8, 4) is 22.8 Å². The number of hydrogen-bond donors (Lipinski definition) is 0. The van der Waals surface area contributed by atoms with Crippen LogP contribution in [0.25, 0.3) is 33.9 Å². The number of pyridine rings is 1. The summed E-state index contributed by atoms with van der Waals surface area (Å²) in [7, 11) is 0. The van der Waals surface area contributed by atoms with E-state index in [0.29, 0.717) is 5.89 Å². The molecule has 0 atom stereocenters. The summed E-state index contributed by atoms with van der Waals surface area (Å²) in [5, 5.41) is 0. The Morgan fingerprint density at radius 2 is 1.38 bits per heavy atom. The number of aromatic nitrogens is 2. The Balaban J connectivity index is 1.82. The van der Waals surface area contributed by atoms with E-state index < -0.39 is 0 Å². The maximum atomic E-state index is 5.77. The van der Waals surface area contributed by atoms with Gasteiger partial charge in [-0.1, -0.05) is 48.5 Å². The van der Waals surface area contributed by atoms with Crippen molar-refractivity contribution in [3.63, 3.8) is 0 Å². The van der Waals surface area contributed by atoms with Crippen LogP contribution in [0.1, 0.15) is 0 Å². The van der Waals surface area contributed by atoms with Gasteiger partial charge in [-0.3, -0.25) is 0 Å². The fourth-order valence-corrected chi connectivity index (χ4v) is 2.31. The lowest BCUT2D eigenvalue weighted by molar-refractivity contribution is 0.617. The second kappa shape index (κ2) is 4.87. The van der Waals surface area contributed by atoms with E-state index in [1.807, 2.05) is 72.8 Å². The summed E-state index contributed by atoms with van der Waals surface area (Å²) in [6.07, 6.45) is 0. The van der Waals surface area contributed by atoms with Crippen LogP contribution in [0.5, 0.6) is 0 Å². The topological polar surface area (TPSA) is 38.9 Å². The van der Waals surface area contributed by atoms with Crippen molar-refractivity contribution in [2.24, 2.45) is 0 Å². The van der Waals surface area contributed by atoms with Gasteiger partial charge in [-0.05, 0) is 24.3 Å². The molecule has 0 amide bonds. The van der Waals surface area contributed by atoms with Gasteiger partial charge in [0, 0.05) is 5.56 Å². The molecule has 2 heterocycles. The zero-order chi connectivity index (χ0) is 14.1. The summed E-state index contributed by atoms with van der Waals surface area (Å²) < 4.78 is 5.77. The van der Waals surface area contributed by atoms with Crippen LogP contribution in [0.3, 0.4) is 0 Å². The third kappa shape index (κ3) is 2.19. The van der Waals surface area contributed by atoms with Crippen LogP contribution in [0.4, 0.5) is 0 Å². The van der Waals surface area contributed by atoms with E-state index in [2.05, 4.69) is 9.97 Å². The second-order valence-electron chi connectivity index (χ2n) is 4.76. The van der Waals surface area contributed by atoms with Gasteiger partial charge < -0.3 is 4.42 Å². The number of fused-ring (bicyclic) bond motifs is 1. The standard InChI is InChI=1S/C18H12N2O/c1-2-7-13(8-3-1)14-10-6-11-16(19-14)18-20-15-9-4-5-12-17(15)21-18/h1-12H. The van der Waals surface area contributed by atoms with Gasteiger partial charge in [-0.2, -0.15) is 0 Å². The lowest BCUT2D eigenvalue weighted by atomic mass is 10.1. The van der Waals surface area contributed by atoms with Crippen LogP contribution < -0.4 is 0 Å². The zero-order valence-electron chi connectivity index (χ0n) is 11.2. The molecule has 21 heavy (non-hydrogen) atoms. The van der Waals surface area contributed by atoms with E-state index in [4.69, 9.17) is 4.42 Å². The van der Waals surface area contributed by atoms with Gasteiger partial charge in [0.2, 0.25) is 5.89 Å². The Labute approximate surface area is 121 Å². The first kappa shape index (κ1) is 11.9. The first-order valence-electron chi connectivity index (χ1n) is 6.78. The second-order valence-corrected chi connectivity index (χ2v) is 4.76. The van der Waals surface area contributed by atoms with Crippen molar-refractivity contribution in [2.75, 3.05) is 0 Å². The third-order valence-electron chi connectivity index (χ3n) is 3.33. The molecule has 0 aliphatic heterocycles. The molecule has 3 nitrogen and oxygen atoms in total. The number of para-hydroxylation sites is 2. The normalized spacial score (nSPS) is 10.9. The van der Waals surface area contributed by atoms with Crippen molar-refractivity contribution in [3.05, 3.63) is 72.8 Å². The van der Waals surface area contributed by atoms with Crippen LogP contribution in [-0.4, -0.2) is 9.97 Å². The molecule has 0 N–H and O–H groups in total. The molecule has 0 radical (unpaired) electrons. The molecule has 4 aromatic rings. The SMILES string of the molecule is c1ccc(-c2cccc(-c3nc4ccccc4o3)n2)cc1. The minimum absolute atomic E-state index is 0.550. The predicted octanol–water partition coefficient (Wildman–Crippen LogP) is 4.56. The first-order valence-corrected chi connectivity index (χ1v) is 6.78. The molecule has 0 spiro atoms. The maximum absolute atomic E-state index is 5.77. The van der Waals surface area contributed by atoms with Crippen LogP contribution in [0.2, 0.25) is 0 Å². The molecule has 0 aliphatic rings. The maximum Gasteiger partial charge on any atom is 0.246 e. The molecule has 0 aliphatic carbocycles. The highest BCUT2D eigenvalue weighted by Gasteiger charge is 2.10. The van der Waals surface area contributed by atoms with Gasteiger partial charge in [-0.15, -0.1) is 0 Å². The Bertz CT molecular complexity index is 864. The van der Waals surface area contributed by atoms with E-state index in [-0.39, 0.29) is 0 Å². The van der Waals surface area contributed by atoms with Gasteiger partial charge in [-0.25, -0.2) is 9.97 Å². The number of oxazole rings is 1. The molecule has 0 fully saturated rings. The third-order valence-corrected chi connectivity index (χ3v) is 3.33. The van der Waals surface area contributed by atoms with Crippen LogP contribution >= 0.6 is 0 Å². The molecule has 0 saturated carbocycles. The van der Waals surface area contributed by atoms with Gasteiger partial charge in [0.1, 0.15) is 11.2 Å². The number of hydrogen-bond acceptors (Lipinski definition) is 3. The fraction of sp³-hybridized carbons (Fsp3) is 0. The Kier molecular flexibility index (Phi) is 2.75. The average molecular weight is 272 g/mol. The largest absolute Gasteiger partial charge is 0.435 e. The van der Waals surface area contributed by atoms with E-state index in [1.165, 1.54) is 0 Å². The van der Waals surface area contributed by atoms with E-state index >= 15 is 0 Å². The highest BCUT2D eigenvalue weighted by atomic mass is 16.3. The van der Waals surface area contributed by atoms with Gasteiger partial charge in [0.05, 0.1) is 5.69 Å². The van der Waals surface area contributed by atoms with Crippen molar-refractivity contribution >= 4 is 11.1 Å². The van der Waals surface area contributed by atoms with Gasteiger partial charge in [0.15, 0.2) is 5.58 Å². The van der Waals surface area contributed by atoms with Crippen molar-refractivity contribution in [2.45, 2.75) is 0 Å². The minimum Gasteiger partial charge on any atom is -0.435 e. The van der Waals surface area contributed by atoms with Gasteiger partial charge >= 0.3 is 0 Å². The lowest BCUT2D eigenvalue weighted by Gasteiger charge is -2.01. The molecular weight excluding hydrogens is 260 g/mol. The average Bonchev–Trinajstić information content (AvgIpc) is 3.00. The summed E-state index contributed by atoms with van der Waals surface area (Å²) in [6, 6.07) is 23.7. The van der Waals surface area contributed by atoms with Crippen molar-refractivity contribution in [1.29, 1.82) is 0 Å². The van der Waals surface area contributed by atoms with Crippen LogP contribution in [0.15, 0.2) is 77.2 Å². The predicted molar refractivity (Wildman–Crippen MR) is 82.7 cm³/mol. The summed E-state index contributed by atoms with van der Waals surface area (Å²) >= 11 is 0. The smallest absolute Gasteiger partial charge is 0.246 e. The molecule has 0 saturated heterocycles. The number of nitrogens with zero attached hydrogens (tertiary/aromatic N) is 2. The molecule has 2 aromatic heterocycles. The minimum atomic E-state index is 0.550. The van der Waals surface area contributed by atoms with E-state index in [0.717, 1.165) is 28.1 Å². The zero-order valence-corrected chi connectivity index (χ0v) is 11.2. The highest BCUT2D eigenvalue weighted by Crippen LogP contribution is 2.25. The Morgan fingerprint density at radius 3 is 2.24 bits per heavy atom. The summed E-state index contributed by atoms with van der Waals surface area (Å²) in [5.74, 6) is 0.550. The summed E-state index contributed by atoms with van der Waals surface area (Å²) in [6.45, 7) is 0. The first-order chi connectivity index (χ1) is 10.4. The summed E-state index contributed by atoms with van der Waals surface area (Å²) in [5.41, 5.74) is 4.36. The summed E-state index contributed by atoms with van der Waals surface area (Å²) in [4.78, 5) is 9.14. The highest BCUT2D eigenvalue weighted by molar-refractivity contribution is 5.75. The molecule has 2 aromatic carbocycles. The number of benzene rings is 2. The molecule has 100 valence electrons. The van der Waals surface area contributed by atoms with Crippen LogP contribution in [-0.2, 0) is 0 Å². The lowest BCUT2D eigenvalue weighted by Crippen LogP contribution is -1.87. The quantitative estimate of drug-likeness (QED) is 0.537. The molecule has 0 unspecified atom stereocenters.